The number of nitrogens with two attached hydrogens (primary N) is 1. The molecule has 1 aromatic heterocycles. The van der Waals surface area contributed by atoms with Crippen molar-refractivity contribution in [3.8, 4) is 0 Å². The summed E-state index contributed by atoms with van der Waals surface area (Å²) in [6.45, 7) is 4.32. The smallest absolute Gasteiger partial charge is 0.128 e. The third-order valence-electron chi connectivity index (χ3n) is 5.96. The molecule has 0 radical (unpaired) electrons. The average Bonchev–Trinajstić information content (AvgIpc) is 2.76. The molecule has 2 fully saturated rings. The highest BCUT2D eigenvalue weighted by Crippen LogP contribution is 2.26. The Morgan fingerprint density at radius 1 is 1.11 bits per heavy atom. The van der Waals surface area contributed by atoms with Crippen LogP contribution in [-0.4, -0.2) is 60.9 Å². The second-order valence-electron chi connectivity index (χ2n) is 7.78. The lowest BCUT2D eigenvalue weighted by Crippen LogP contribution is -2.58. The van der Waals surface area contributed by atoms with Crippen LogP contribution in [0.4, 0.5) is 5.82 Å². The van der Waals surface area contributed by atoms with Crippen molar-refractivity contribution in [3.05, 3.63) is 59.2 Å². The highest BCUT2D eigenvalue weighted by atomic mass is 35.5. The predicted molar refractivity (Wildman–Crippen MR) is 114 cm³/mol. The van der Waals surface area contributed by atoms with Gasteiger partial charge in [0.05, 0.1) is 12.7 Å². The molecule has 2 aliphatic rings. The summed E-state index contributed by atoms with van der Waals surface area (Å²) in [5, 5.41) is 0.783. The van der Waals surface area contributed by atoms with E-state index in [0.29, 0.717) is 18.6 Å². The van der Waals surface area contributed by atoms with Crippen molar-refractivity contribution in [2.24, 2.45) is 5.73 Å². The molecule has 2 atom stereocenters. The number of hydrogen-bond acceptors (Lipinski definition) is 5. The van der Waals surface area contributed by atoms with Crippen LogP contribution in [0.3, 0.4) is 0 Å². The summed E-state index contributed by atoms with van der Waals surface area (Å²) in [6.07, 6.45) is 5.28. The van der Waals surface area contributed by atoms with Crippen LogP contribution in [0, 0.1) is 0 Å². The number of nitrogens with zero attached hydrogens (tertiary/aromatic N) is 3. The molecule has 150 valence electrons. The van der Waals surface area contributed by atoms with Crippen LogP contribution in [0.1, 0.15) is 18.4 Å². The van der Waals surface area contributed by atoms with Crippen LogP contribution in [0.2, 0.25) is 5.02 Å². The van der Waals surface area contributed by atoms with Gasteiger partial charge in [0.15, 0.2) is 0 Å². The Kier molecular flexibility index (Phi) is 6.47. The van der Waals surface area contributed by atoms with Gasteiger partial charge in [-0.1, -0.05) is 29.8 Å². The number of morpholine rings is 1. The summed E-state index contributed by atoms with van der Waals surface area (Å²) in [5.41, 5.74) is 7.23. The molecule has 2 N–H and O–H groups in total. The second-order valence-corrected chi connectivity index (χ2v) is 8.21. The van der Waals surface area contributed by atoms with Gasteiger partial charge in [-0.15, -0.1) is 0 Å². The van der Waals surface area contributed by atoms with Crippen molar-refractivity contribution >= 4 is 17.4 Å². The molecule has 0 saturated carbocycles. The monoisotopic (exact) mass is 400 g/mol. The number of anilines is 1. The molecular formula is C22H29ClN4O. The number of ether oxygens (including phenoxy) is 1. The van der Waals surface area contributed by atoms with Gasteiger partial charge in [0.1, 0.15) is 5.82 Å². The minimum absolute atomic E-state index is 0.135. The minimum Gasteiger partial charge on any atom is -0.374 e. The average molecular weight is 401 g/mol. The summed E-state index contributed by atoms with van der Waals surface area (Å²) in [7, 11) is 0. The number of benzene rings is 1. The van der Waals surface area contributed by atoms with Gasteiger partial charge in [-0.25, -0.2) is 4.98 Å². The van der Waals surface area contributed by atoms with E-state index in [4.69, 9.17) is 22.1 Å². The molecular weight excluding hydrogens is 372 g/mol. The zero-order valence-electron chi connectivity index (χ0n) is 16.2. The Labute approximate surface area is 172 Å². The second kappa shape index (κ2) is 9.23. The van der Waals surface area contributed by atoms with Crippen molar-refractivity contribution in [3.63, 3.8) is 0 Å². The molecule has 6 heteroatoms. The lowest BCUT2D eigenvalue weighted by atomic mass is 9.96. The zero-order chi connectivity index (χ0) is 19.3. The van der Waals surface area contributed by atoms with Gasteiger partial charge in [0, 0.05) is 49.5 Å². The van der Waals surface area contributed by atoms with Crippen molar-refractivity contribution in [1.82, 2.24) is 9.88 Å². The maximum atomic E-state index is 6.05. The first kappa shape index (κ1) is 19.6. The Hall–Kier alpha value is -1.66. The highest BCUT2D eigenvalue weighted by molar-refractivity contribution is 6.30. The van der Waals surface area contributed by atoms with Crippen LogP contribution in [0.5, 0.6) is 0 Å². The molecule has 0 spiro atoms. The van der Waals surface area contributed by atoms with E-state index < -0.39 is 0 Å². The standard InChI is InChI=1S/C22H29ClN4O/c23-18-6-4-17(5-7-18)13-20-16-28-21(14-24)15-27(20)19-8-11-26(12-9-19)22-3-1-2-10-25-22/h1-7,10,19-21H,8-9,11-16,24H2. The third kappa shape index (κ3) is 4.66. The number of aromatic nitrogens is 1. The predicted octanol–water partition coefficient (Wildman–Crippen LogP) is 2.97. The van der Waals surface area contributed by atoms with Crippen molar-refractivity contribution in [2.75, 3.05) is 37.7 Å². The number of rotatable bonds is 5. The SMILES string of the molecule is NCC1CN(C2CCN(c3ccccn3)CC2)C(Cc2ccc(Cl)cc2)CO1. The maximum absolute atomic E-state index is 6.05. The first-order valence-corrected chi connectivity index (χ1v) is 10.6. The van der Waals surface area contributed by atoms with Crippen LogP contribution >= 0.6 is 11.6 Å². The largest absolute Gasteiger partial charge is 0.374 e. The fourth-order valence-corrected chi connectivity index (χ4v) is 4.53. The Bertz CT molecular complexity index is 734. The van der Waals surface area contributed by atoms with E-state index in [1.807, 2.05) is 24.4 Å². The van der Waals surface area contributed by atoms with Crippen LogP contribution in [-0.2, 0) is 11.2 Å². The molecule has 2 saturated heterocycles. The normalized spacial score (nSPS) is 24.4. The third-order valence-corrected chi connectivity index (χ3v) is 6.21. The lowest BCUT2D eigenvalue weighted by Gasteiger charge is -2.46. The van der Waals surface area contributed by atoms with Gasteiger partial charge in [-0.3, -0.25) is 4.90 Å². The summed E-state index contributed by atoms with van der Waals surface area (Å²) >= 11 is 6.05. The Morgan fingerprint density at radius 2 is 1.89 bits per heavy atom. The molecule has 3 heterocycles. The van der Waals surface area contributed by atoms with E-state index in [9.17, 15) is 0 Å². The van der Waals surface area contributed by atoms with Gasteiger partial charge in [-0.2, -0.15) is 0 Å². The fraction of sp³-hybridized carbons (Fsp3) is 0.500. The van der Waals surface area contributed by atoms with Crippen molar-refractivity contribution in [1.29, 1.82) is 0 Å². The van der Waals surface area contributed by atoms with E-state index in [2.05, 4.69) is 39.0 Å². The first-order valence-electron chi connectivity index (χ1n) is 10.2. The van der Waals surface area contributed by atoms with Crippen LogP contribution < -0.4 is 10.6 Å². The molecule has 2 aliphatic heterocycles. The minimum atomic E-state index is 0.135. The molecule has 2 unspecified atom stereocenters. The van der Waals surface area contributed by atoms with Gasteiger partial charge < -0.3 is 15.4 Å². The molecule has 2 aromatic rings. The summed E-state index contributed by atoms with van der Waals surface area (Å²) in [4.78, 5) is 9.56. The number of pyridine rings is 1. The van der Waals surface area contributed by atoms with E-state index >= 15 is 0 Å². The Balaban J connectivity index is 1.42. The molecule has 4 rings (SSSR count). The van der Waals surface area contributed by atoms with E-state index in [-0.39, 0.29) is 6.10 Å². The maximum Gasteiger partial charge on any atom is 0.128 e. The highest BCUT2D eigenvalue weighted by Gasteiger charge is 2.35. The van der Waals surface area contributed by atoms with E-state index in [1.54, 1.807) is 0 Å². The van der Waals surface area contributed by atoms with Crippen molar-refractivity contribution < 1.29 is 4.74 Å². The van der Waals surface area contributed by atoms with Crippen molar-refractivity contribution in [2.45, 2.75) is 37.5 Å². The fourth-order valence-electron chi connectivity index (χ4n) is 4.41. The summed E-state index contributed by atoms with van der Waals surface area (Å²) in [5.74, 6) is 1.08. The molecule has 28 heavy (non-hydrogen) atoms. The zero-order valence-corrected chi connectivity index (χ0v) is 17.0. The van der Waals surface area contributed by atoms with Gasteiger partial charge in [-0.05, 0) is 49.1 Å². The van der Waals surface area contributed by atoms with Gasteiger partial charge >= 0.3 is 0 Å². The van der Waals surface area contributed by atoms with Gasteiger partial charge in [0.25, 0.3) is 0 Å². The first-order chi connectivity index (χ1) is 13.7. The Morgan fingerprint density at radius 3 is 2.57 bits per heavy atom. The van der Waals surface area contributed by atoms with Crippen LogP contribution in [0.25, 0.3) is 0 Å². The lowest BCUT2D eigenvalue weighted by molar-refractivity contribution is -0.0779. The number of hydrogen-bond donors (Lipinski definition) is 1. The summed E-state index contributed by atoms with van der Waals surface area (Å²) in [6, 6.07) is 15.3. The topological polar surface area (TPSA) is 54.6 Å². The molecule has 0 amide bonds. The molecule has 0 aliphatic carbocycles. The van der Waals surface area contributed by atoms with E-state index in [0.717, 1.165) is 56.3 Å². The molecule has 0 bridgehead atoms. The van der Waals surface area contributed by atoms with E-state index in [1.165, 1.54) is 5.56 Å². The van der Waals surface area contributed by atoms with Gasteiger partial charge in [0.2, 0.25) is 0 Å². The molecule has 1 aromatic carbocycles. The summed E-state index contributed by atoms with van der Waals surface area (Å²) < 4.78 is 6.03. The number of piperidine rings is 1. The number of halogens is 1. The molecule has 5 nitrogen and oxygen atoms in total. The van der Waals surface area contributed by atoms with Crippen LogP contribution in [0.15, 0.2) is 48.7 Å². The quantitative estimate of drug-likeness (QED) is 0.836.